The van der Waals surface area contributed by atoms with Gasteiger partial charge in [0.2, 0.25) is 0 Å². The van der Waals surface area contributed by atoms with Gasteiger partial charge in [0.1, 0.15) is 6.10 Å². The number of carbonyl (C=O) groups excluding carboxylic acids is 1. The van der Waals surface area contributed by atoms with Gasteiger partial charge in [-0.2, -0.15) is 0 Å². The largest absolute Gasteiger partial charge is 0.458 e. The van der Waals surface area contributed by atoms with Crippen molar-refractivity contribution in [2.45, 2.75) is 25.9 Å². The molecule has 1 amide bonds. The summed E-state index contributed by atoms with van der Waals surface area (Å²) in [5.74, 6) is 0.0373. The van der Waals surface area contributed by atoms with Gasteiger partial charge in [-0.05, 0) is 31.9 Å². The molecule has 1 unspecified atom stereocenters. The molecule has 1 aliphatic rings. The summed E-state index contributed by atoms with van der Waals surface area (Å²) in [5.41, 5.74) is 1.85. The molecular weight excluding hydrogens is 314 g/mol. The van der Waals surface area contributed by atoms with E-state index in [-0.39, 0.29) is 12.0 Å². The van der Waals surface area contributed by atoms with E-state index >= 15 is 0 Å². The fourth-order valence-electron chi connectivity index (χ4n) is 2.61. The van der Waals surface area contributed by atoms with Crippen molar-refractivity contribution in [3.8, 4) is 6.01 Å². The number of benzene rings is 1. The molecule has 3 rings (SSSR count). The van der Waals surface area contributed by atoms with Crippen molar-refractivity contribution in [2.75, 3.05) is 13.1 Å². The van der Waals surface area contributed by atoms with Gasteiger partial charge in [0.15, 0.2) is 0 Å². The molecule has 1 aliphatic heterocycles. The van der Waals surface area contributed by atoms with Gasteiger partial charge in [-0.15, -0.1) is 0 Å². The number of likely N-dealkylation sites (tertiary alicyclic amines) is 1. The second-order valence-electron chi connectivity index (χ2n) is 5.68. The van der Waals surface area contributed by atoms with E-state index in [1.807, 2.05) is 36.1 Å². The quantitative estimate of drug-likeness (QED) is 0.867. The minimum absolute atomic E-state index is 0.0373. The maximum absolute atomic E-state index is 12.6. The monoisotopic (exact) mass is 331 g/mol. The Hall–Kier alpha value is -2.14. The van der Waals surface area contributed by atoms with Crippen LogP contribution in [0.3, 0.4) is 0 Å². The average Bonchev–Trinajstić information content (AvgIpc) is 2.57. The van der Waals surface area contributed by atoms with Gasteiger partial charge in [0.05, 0.1) is 24.0 Å². The van der Waals surface area contributed by atoms with E-state index in [0.29, 0.717) is 23.1 Å². The van der Waals surface area contributed by atoms with Gasteiger partial charge in [-0.3, -0.25) is 4.79 Å². The van der Waals surface area contributed by atoms with Crippen LogP contribution in [-0.2, 0) is 0 Å². The molecule has 1 aromatic heterocycles. The fraction of sp³-hybridized carbons (Fsp3) is 0.353. The molecule has 2 heterocycles. The van der Waals surface area contributed by atoms with E-state index in [0.717, 1.165) is 24.9 Å². The summed E-state index contributed by atoms with van der Waals surface area (Å²) in [7, 11) is 0. The Labute approximate surface area is 140 Å². The Kier molecular flexibility index (Phi) is 4.76. The van der Waals surface area contributed by atoms with E-state index in [4.69, 9.17) is 16.3 Å². The summed E-state index contributed by atoms with van der Waals surface area (Å²) in [6.45, 7) is 3.29. The first-order valence-electron chi connectivity index (χ1n) is 7.62. The van der Waals surface area contributed by atoms with Crippen molar-refractivity contribution in [1.29, 1.82) is 0 Å². The Morgan fingerprint density at radius 3 is 2.65 bits per heavy atom. The summed E-state index contributed by atoms with van der Waals surface area (Å²) < 4.78 is 5.77. The highest BCUT2D eigenvalue weighted by molar-refractivity contribution is 6.30. The molecule has 1 fully saturated rings. The Morgan fingerprint density at radius 1 is 1.26 bits per heavy atom. The molecule has 1 aromatic carbocycles. The van der Waals surface area contributed by atoms with Gasteiger partial charge in [0.25, 0.3) is 5.91 Å². The molecule has 23 heavy (non-hydrogen) atoms. The molecule has 0 N–H and O–H groups in total. The maximum Gasteiger partial charge on any atom is 0.316 e. The molecule has 6 heteroatoms. The lowest BCUT2D eigenvalue weighted by Crippen LogP contribution is -2.44. The third-order valence-electron chi connectivity index (χ3n) is 3.83. The predicted octanol–water partition coefficient (Wildman–Crippen LogP) is 3.12. The summed E-state index contributed by atoms with van der Waals surface area (Å²) in [4.78, 5) is 22.5. The first-order valence-corrected chi connectivity index (χ1v) is 8.00. The van der Waals surface area contributed by atoms with Crippen molar-refractivity contribution >= 4 is 17.5 Å². The van der Waals surface area contributed by atoms with Crippen LogP contribution >= 0.6 is 11.6 Å². The zero-order valence-electron chi connectivity index (χ0n) is 12.9. The van der Waals surface area contributed by atoms with Crippen molar-refractivity contribution in [1.82, 2.24) is 14.9 Å². The van der Waals surface area contributed by atoms with Crippen LogP contribution in [0.4, 0.5) is 0 Å². The van der Waals surface area contributed by atoms with E-state index in [9.17, 15) is 4.79 Å². The number of amides is 1. The van der Waals surface area contributed by atoms with Crippen LogP contribution in [0.5, 0.6) is 6.01 Å². The van der Waals surface area contributed by atoms with Crippen molar-refractivity contribution < 1.29 is 9.53 Å². The van der Waals surface area contributed by atoms with Crippen LogP contribution in [0.1, 0.15) is 28.8 Å². The third-order valence-corrected chi connectivity index (χ3v) is 4.03. The third kappa shape index (κ3) is 3.99. The second-order valence-corrected chi connectivity index (χ2v) is 6.12. The van der Waals surface area contributed by atoms with Gasteiger partial charge >= 0.3 is 6.01 Å². The summed E-state index contributed by atoms with van der Waals surface area (Å²) >= 11 is 5.76. The number of hydrogen-bond donors (Lipinski definition) is 0. The summed E-state index contributed by atoms with van der Waals surface area (Å²) in [5, 5.41) is 0.470. The minimum atomic E-state index is -0.0978. The Morgan fingerprint density at radius 2 is 1.96 bits per heavy atom. The molecule has 0 radical (unpaired) electrons. The van der Waals surface area contributed by atoms with Gasteiger partial charge < -0.3 is 9.64 Å². The molecule has 1 saturated heterocycles. The SMILES string of the molecule is Cc1ccc(C(=O)N2CCCC(Oc3ncc(Cl)cn3)C2)cc1. The van der Waals surface area contributed by atoms with E-state index < -0.39 is 0 Å². The van der Waals surface area contributed by atoms with E-state index in [1.54, 1.807) is 0 Å². The minimum Gasteiger partial charge on any atom is -0.458 e. The van der Waals surface area contributed by atoms with Gasteiger partial charge in [-0.25, -0.2) is 9.97 Å². The number of halogens is 1. The normalized spacial score (nSPS) is 17.8. The average molecular weight is 332 g/mol. The number of carbonyl (C=O) groups is 1. The first kappa shape index (κ1) is 15.7. The lowest BCUT2D eigenvalue weighted by Gasteiger charge is -2.32. The highest BCUT2D eigenvalue weighted by atomic mass is 35.5. The number of aryl methyl sites for hydroxylation is 1. The highest BCUT2D eigenvalue weighted by Crippen LogP contribution is 2.18. The summed E-state index contributed by atoms with van der Waals surface area (Å²) in [6, 6.07) is 7.93. The zero-order valence-corrected chi connectivity index (χ0v) is 13.7. The van der Waals surface area contributed by atoms with Crippen LogP contribution in [-0.4, -0.2) is 40.0 Å². The maximum atomic E-state index is 12.6. The second kappa shape index (κ2) is 6.96. The van der Waals surface area contributed by atoms with Crippen molar-refractivity contribution in [2.24, 2.45) is 0 Å². The van der Waals surface area contributed by atoms with E-state index in [2.05, 4.69) is 9.97 Å². The smallest absolute Gasteiger partial charge is 0.316 e. The molecule has 0 bridgehead atoms. The van der Waals surface area contributed by atoms with Crippen LogP contribution in [0.2, 0.25) is 5.02 Å². The number of nitrogens with zero attached hydrogens (tertiary/aromatic N) is 3. The number of piperidine rings is 1. The Bertz CT molecular complexity index is 673. The number of rotatable bonds is 3. The van der Waals surface area contributed by atoms with Crippen LogP contribution in [0, 0.1) is 6.92 Å². The zero-order chi connectivity index (χ0) is 16.2. The van der Waals surface area contributed by atoms with Crippen LogP contribution < -0.4 is 4.74 Å². The van der Waals surface area contributed by atoms with Crippen molar-refractivity contribution in [3.63, 3.8) is 0 Å². The molecule has 0 aliphatic carbocycles. The van der Waals surface area contributed by atoms with Crippen LogP contribution in [0.25, 0.3) is 0 Å². The van der Waals surface area contributed by atoms with E-state index in [1.165, 1.54) is 12.4 Å². The van der Waals surface area contributed by atoms with Gasteiger partial charge in [-0.1, -0.05) is 29.3 Å². The van der Waals surface area contributed by atoms with Gasteiger partial charge in [0, 0.05) is 12.1 Å². The lowest BCUT2D eigenvalue weighted by atomic mass is 10.1. The number of ether oxygens (including phenoxy) is 1. The summed E-state index contributed by atoms with van der Waals surface area (Å²) in [6.07, 6.45) is 4.68. The number of aromatic nitrogens is 2. The molecule has 120 valence electrons. The topological polar surface area (TPSA) is 55.3 Å². The first-order chi connectivity index (χ1) is 11.1. The molecule has 0 saturated carbocycles. The molecule has 2 aromatic rings. The molecule has 5 nitrogen and oxygen atoms in total. The predicted molar refractivity (Wildman–Crippen MR) is 87.8 cm³/mol. The molecule has 0 spiro atoms. The standard InChI is InChI=1S/C17H18ClN3O2/c1-12-4-6-13(7-5-12)16(22)21-8-2-3-15(11-21)23-17-19-9-14(18)10-20-17/h4-7,9-10,15H,2-3,8,11H2,1H3. The molecular formula is C17H18ClN3O2. The van der Waals surface area contributed by atoms with Crippen molar-refractivity contribution in [3.05, 3.63) is 52.8 Å². The fourth-order valence-corrected chi connectivity index (χ4v) is 2.71. The Balaban J connectivity index is 1.64. The molecule has 1 atom stereocenters. The lowest BCUT2D eigenvalue weighted by molar-refractivity contribution is 0.0516. The highest BCUT2D eigenvalue weighted by Gasteiger charge is 2.26. The van der Waals surface area contributed by atoms with Crippen LogP contribution in [0.15, 0.2) is 36.7 Å². The number of hydrogen-bond acceptors (Lipinski definition) is 4.